The van der Waals surface area contributed by atoms with Crippen molar-refractivity contribution in [2.45, 2.75) is 6.92 Å². The summed E-state index contributed by atoms with van der Waals surface area (Å²) in [5.74, 6) is -2.11. The van der Waals surface area contributed by atoms with E-state index in [1.54, 1.807) is 16.5 Å². The minimum absolute atomic E-state index is 0.0298. The number of fused-ring (bicyclic) bond motifs is 1. The number of hydrogen-bond acceptors (Lipinski definition) is 5. The van der Waals surface area contributed by atoms with Gasteiger partial charge in [-0.1, -0.05) is 6.07 Å². The Labute approximate surface area is 129 Å². The molecule has 0 saturated heterocycles. The second kappa shape index (κ2) is 5.48. The highest BCUT2D eigenvalue weighted by Gasteiger charge is 2.21. The number of aromatic nitrogens is 2. The van der Waals surface area contributed by atoms with Crippen LogP contribution in [0.2, 0.25) is 0 Å². The van der Waals surface area contributed by atoms with E-state index in [-0.39, 0.29) is 5.69 Å². The molecule has 0 saturated carbocycles. The van der Waals surface area contributed by atoms with E-state index >= 15 is 0 Å². The van der Waals surface area contributed by atoms with Gasteiger partial charge in [0.05, 0.1) is 4.92 Å². The smallest absolute Gasteiger partial charge is 0.364 e. The third kappa shape index (κ3) is 2.73. The van der Waals surface area contributed by atoms with E-state index in [1.165, 1.54) is 6.20 Å². The van der Waals surface area contributed by atoms with Crippen molar-refractivity contribution < 1.29 is 18.8 Å². The highest BCUT2D eigenvalue weighted by molar-refractivity contribution is 5.90. The number of nitro groups is 1. The topological polar surface area (TPSA) is 86.7 Å². The van der Waals surface area contributed by atoms with Crippen LogP contribution in [0.25, 0.3) is 5.65 Å². The first-order chi connectivity index (χ1) is 11.0. The molecule has 0 N–H and O–H groups in total. The van der Waals surface area contributed by atoms with Crippen LogP contribution < -0.4 is 4.74 Å². The van der Waals surface area contributed by atoms with Crippen molar-refractivity contribution >= 4 is 17.3 Å². The average molecular weight is 315 g/mol. The summed E-state index contributed by atoms with van der Waals surface area (Å²) in [5, 5.41) is 10.9. The van der Waals surface area contributed by atoms with Gasteiger partial charge >= 0.3 is 11.7 Å². The van der Waals surface area contributed by atoms with Crippen molar-refractivity contribution in [1.29, 1.82) is 0 Å². The zero-order chi connectivity index (χ0) is 16.6. The number of imidazole rings is 1. The zero-order valence-electron chi connectivity index (χ0n) is 11.9. The molecular formula is C15H10FN3O4. The van der Waals surface area contributed by atoms with Crippen LogP contribution in [0.3, 0.4) is 0 Å². The van der Waals surface area contributed by atoms with E-state index < -0.39 is 28.1 Å². The number of ether oxygens (including phenoxy) is 1. The zero-order valence-corrected chi connectivity index (χ0v) is 11.9. The average Bonchev–Trinajstić information content (AvgIpc) is 2.92. The fourth-order valence-corrected chi connectivity index (χ4v) is 2.12. The molecule has 0 aliphatic rings. The molecule has 2 aromatic heterocycles. The Kier molecular flexibility index (Phi) is 3.49. The molecule has 3 rings (SSSR count). The Bertz CT molecular complexity index is 936. The summed E-state index contributed by atoms with van der Waals surface area (Å²) in [6, 6.07) is 7.96. The van der Waals surface area contributed by atoms with Crippen LogP contribution in [0.5, 0.6) is 5.75 Å². The van der Waals surface area contributed by atoms with Crippen molar-refractivity contribution in [3.63, 3.8) is 0 Å². The number of carbonyl (C=O) groups excluding carboxylic acids is 1. The number of pyridine rings is 1. The highest BCUT2D eigenvalue weighted by atomic mass is 19.1. The summed E-state index contributed by atoms with van der Waals surface area (Å²) in [5.41, 5.74) is 0.856. The van der Waals surface area contributed by atoms with Crippen molar-refractivity contribution in [1.82, 2.24) is 9.38 Å². The van der Waals surface area contributed by atoms with E-state index in [2.05, 4.69) is 4.98 Å². The lowest BCUT2D eigenvalue weighted by atomic mass is 10.3. The molecule has 0 spiro atoms. The van der Waals surface area contributed by atoms with Gasteiger partial charge in [0.15, 0.2) is 5.69 Å². The highest BCUT2D eigenvalue weighted by Crippen LogP contribution is 2.28. The lowest BCUT2D eigenvalue weighted by Crippen LogP contribution is -2.10. The summed E-state index contributed by atoms with van der Waals surface area (Å²) in [7, 11) is 0. The van der Waals surface area contributed by atoms with Crippen LogP contribution in [-0.4, -0.2) is 20.3 Å². The van der Waals surface area contributed by atoms with Gasteiger partial charge in [0.1, 0.15) is 11.5 Å². The lowest BCUT2D eigenvalue weighted by molar-refractivity contribution is -0.385. The molecule has 0 bridgehead atoms. The van der Waals surface area contributed by atoms with Gasteiger partial charge in [-0.15, -0.1) is 0 Å². The van der Waals surface area contributed by atoms with E-state index in [1.807, 2.05) is 13.0 Å². The van der Waals surface area contributed by atoms with Crippen LogP contribution in [0.4, 0.5) is 10.1 Å². The first kappa shape index (κ1) is 14.6. The molecule has 8 heteroatoms. The second-order valence-electron chi connectivity index (χ2n) is 4.78. The molecule has 0 fully saturated rings. The number of rotatable bonds is 3. The molecule has 2 heterocycles. The summed E-state index contributed by atoms with van der Waals surface area (Å²) < 4.78 is 19.9. The molecule has 23 heavy (non-hydrogen) atoms. The van der Waals surface area contributed by atoms with E-state index in [0.717, 1.165) is 23.9 Å². The predicted octanol–water partition coefficient (Wildman–Crippen LogP) is 2.91. The Balaban J connectivity index is 1.96. The van der Waals surface area contributed by atoms with Crippen molar-refractivity contribution in [3.8, 4) is 5.75 Å². The van der Waals surface area contributed by atoms with Crippen LogP contribution in [0.1, 0.15) is 16.2 Å². The number of hydrogen-bond donors (Lipinski definition) is 0. The normalized spacial score (nSPS) is 10.7. The fraction of sp³-hybridized carbons (Fsp3) is 0.0667. The van der Waals surface area contributed by atoms with E-state index in [9.17, 15) is 19.3 Å². The molecule has 0 unspecified atom stereocenters. The first-order valence-corrected chi connectivity index (χ1v) is 6.56. The van der Waals surface area contributed by atoms with Gasteiger partial charge in [-0.2, -0.15) is 0 Å². The van der Waals surface area contributed by atoms with Crippen molar-refractivity contribution in [2.24, 2.45) is 0 Å². The fourth-order valence-electron chi connectivity index (χ4n) is 2.12. The predicted molar refractivity (Wildman–Crippen MR) is 77.9 cm³/mol. The van der Waals surface area contributed by atoms with E-state index in [4.69, 9.17) is 4.74 Å². The Morgan fingerprint density at radius 2 is 2.13 bits per heavy atom. The minimum Gasteiger partial charge on any atom is -0.414 e. The first-order valence-electron chi connectivity index (χ1n) is 6.56. The van der Waals surface area contributed by atoms with Crippen LogP contribution >= 0.6 is 0 Å². The van der Waals surface area contributed by atoms with Gasteiger partial charge in [-0.3, -0.25) is 10.1 Å². The maximum Gasteiger partial charge on any atom is 0.364 e. The molecule has 0 radical (unpaired) electrons. The Hall–Kier alpha value is -3.29. The number of halogens is 1. The molecule has 0 aliphatic carbocycles. The van der Waals surface area contributed by atoms with Gasteiger partial charge in [0.2, 0.25) is 5.75 Å². The number of carbonyl (C=O) groups is 1. The quantitative estimate of drug-likeness (QED) is 0.321. The molecule has 0 atom stereocenters. The third-order valence-electron chi connectivity index (χ3n) is 3.23. The lowest BCUT2D eigenvalue weighted by Gasteiger charge is -2.03. The third-order valence-corrected chi connectivity index (χ3v) is 3.23. The molecule has 116 valence electrons. The van der Waals surface area contributed by atoms with Gasteiger partial charge in [0, 0.05) is 24.0 Å². The number of esters is 1. The Morgan fingerprint density at radius 3 is 2.83 bits per heavy atom. The number of aryl methyl sites for hydroxylation is 1. The SMILES string of the molecule is Cc1cccc2nc(C(=O)Oc3cc(F)ccc3[N+](=O)[O-])cn12. The number of benzene rings is 1. The summed E-state index contributed by atoms with van der Waals surface area (Å²) >= 11 is 0. The van der Waals surface area contributed by atoms with Crippen molar-refractivity contribution in [2.75, 3.05) is 0 Å². The molecule has 0 amide bonds. The van der Waals surface area contributed by atoms with Crippen LogP contribution in [0, 0.1) is 22.9 Å². The van der Waals surface area contributed by atoms with Gasteiger partial charge in [-0.05, 0) is 25.1 Å². The summed E-state index contributed by atoms with van der Waals surface area (Å²) in [6.45, 7) is 1.83. The van der Waals surface area contributed by atoms with Crippen molar-refractivity contribution in [3.05, 3.63) is 69.9 Å². The number of nitrogens with zero attached hydrogens (tertiary/aromatic N) is 3. The maximum atomic E-state index is 13.3. The summed E-state index contributed by atoms with van der Waals surface area (Å²) in [4.78, 5) is 26.4. The molecular weight excluding hydrogens is 305 g/mol. The Morgan fingerprint density at radius 1 is 1.35 bits per heavy atom. The molecule has 1 aromatic carbocycles. The second-order valence-corrected chi connectivity index (χ2v) is 4.78. The van der Waals surface area contributed by atoms with Gasteiger partial charge < -0.3 is 9.14 Å². The molecule has 3 aromatic rings. The van der Waals surface area contributed by atoms with Gasteiger partial charge in [-0.25, -0.2) is 14.2 Å². The van der Waals surface area contributed by atoms with Crippen LogP contribution in [0.15, 0.2) is 42.6 Å². The van der Waals surface area contributed by atoms with Gasteiger partial charge in [0.25, 0.3) is 0 Å². The summed E-state index contributed by atoms with van der Waals surface area (Å²) in [6.07, 6.45) is 1.46. The largest absolute Gasteiger partial charge is 0.414 e. The van der Waals surface area contributed by atoms with Crippen LogP contribution in [-0.2, 0) is 0 Å². The van der Waals surface area contributed by atoms with E-state index in [0.29, 0.717) is 5.65 Å². The standard InChI is InChI=1S/C15H10FN3O4/c1-9-3-2-4-14-17-11(8-18(9)14)15(20)23-13-7-10(16)5-6-12(13)19(21)22/h2-8H,1H3. The molecule has 0 aliphatic heterocycles. The maximum absolute atomic E-state index is 13.3. The monoisotopic (exact) mass is 315 g/mol. The minimum atomic E-state index is -0.901. The number of nitro benzene ring substituents is 1. The molecule has 7 nitrogen and oxygen atoms in total.